The van der Waals surface area contributed by atoms with Gasteiger partial charge in [0, 0.05) is 18.0 Å². The SMILES string of the molecule is CN(CCCC(=O)c1ccccc1)CC(=O)NC1CC1. The molecule has 20 heavy (non-hydrogen) atoms. The van der Waals surface area contributed by atoms with Gasteiger partial charge in [-0.05, 0) is 32.9 Å². The van der Waals surface area contributed by atoms with Crippen molar-refractivity contribution in [1.29, 1.82) is 0 Å². The minimum absolute atomic E-state index is 0.0874. The Hall–Kier alpha value is -1.68. The van der Waals surface area contributed by atoms with Crippen LogP contribution in [-0.2, 0) is 4.79 Å². The lowest BCUT2D eigenvalue weighted by atomic mass is 10.1. The van der Waals surface area contributed by atoms with Crippen LogP contribution < -0.4 is 5.32 Å². The van der Waals surface area contributed by atoms with Crippen molar-refractivity contribution < 1.29 is 9.59 Å². The number of ketones is 1. The van der Waals surface area contributed by atoms with E-state index in [1.807, 2.05) is 42.3 Å². The van der Waals surface area contributed by atoms with Crippen LogP contribution in [0.5, 0.6) is 0 Å². The van der Waals surface area contributed by atoms with Crippen molar-refractivity contribution >= 4 is 11.7 Å². The monoisotopic (exact) mass is 274 g/mol. The number of likely N-dealkylation sites (N-methyl/N-ethyl adjacent to an activating group) is 1. The first-order chi connectivity index (χ1) is 9.65. The van der Waals surface area contributed by atoms with Gasteiger partial charge in [-0.3, -0.25) is 14.5 Å². The molecule has 0 bridgehead atoms. The first kappa shape index (κ1) is 14.7. The number of amides is 1. The number of hydrogen-bond acceptors (Lipinski definition) is 3. The van der Waals surface area contributed by atoms with Gasteiger partial charge in [0.25, 0.3) is 0 Å². The fraction of sp³-hybridized carbons (Fsp3) is 0.500. The van der Waals surface area contributed by atoms with Gasteiger partial charge in [0.2, 0.25) is 5.91 Å². The van der Waals surface area contributed by atoms with Crippen molar-refractivity contribution in [3.05, 3.63) is 35.9 Å². The zero-order valence-electron chi connectivity index (χ0n) is 12.0. The van der Waals surface area contributed by atoms with E-state index in [0.717, 1.165) is 31.4 Å². The highest BCUT2D eigenvalue weighted by Gasteiger charge is 2.23. The summed E-state index contributed by atoms with van der Waals surface area (Å²) >= 11 is 0. The number of carbonyl (C=O) groups excluding carboxylic acids is 2. The van der Waals surface area contributed by atoms with Crippen LogP contribution in [0.4, 0.5) is 0 Å². The average molecular weight is 274 g/mol. The number of nitrogens with one attached hydrogen (secondary N) is 1. The Morgan fingerprint density at radius 3 is 2.60 bits per heavy atom. The predicted molar refractivity (Wildman–Crippen MR) is 78.7 cm³/mol. The summed E-state index contributed by atoms with van der Waals surface area (Å²) in [4.78, 5) is 25.5. The number of nitrogens with zero attached hydrogens (tertiary/aromatic N) is 1. The smallest absolute Gasteiger partial charge is 0.234 e. The van der Waals surface area contributed by atoms with Gasteiger partial charge in [-0.2, -0.15) is 0 Å². The number of carbonyl (C=O) groups is 2. The van der Waals surface area contributed by atoms with Gasteiger partial charge >= 0.3 is 0 Å². The quantitative estimate of drug-likeness (QED) is 0.736. The van der Waals surface area contributed by atoms with Crippen LogP contribution in [0, 0.1) is 0 Å². The number of Topliss-reactive ketones (excluding diaryl/α,β-unsaturated/α-hetero) is 1. The molecule has 0 atom stereocenters. The van der Waals surface area contributed by atoms with E-state index in [4.69, 9.17) is 0 Å². The molecule has 4 heteroatoms. The van der Waals surface area contributed by atoms with Crippen LogP contribution >= 0.6 is 0 Å². The Kier molecular flexibility index (Phi) is 5.30. The van der Waals surface area contributed by atoms with Gasteiger partial charge in [-0.1, -0.05) is 30.3 Å². The summed E-state index contributed by atoms with van der Waals surface area (Å²) in [5, 5.41) is 2.96. The molecule has 0 aliphatic heterocycles. The highest BCUT2D eigenvalue weighted by molar-refractivity contribution is 5.95. The Morgan fingerprint density at radius 1 is 1.25 bits per heavy atom. The van der Waals surface area contributed by atoms with Crippen LogP contribution in [0.1, 0.15) is 36.0 Å². The van der Waals surface area contributed by atoms with E-state index in [-0.39, 0.29) is 11.7 Å². The molecule has 1 aliphatic rings. The molecule has 2 rings (SSSR count). The first-order valence-corrected chi connectivity index (χ1v) is 7.21. The van der Waals surface area contributed by atoms with E-state index in [1.165, 1.54) is 0 Å². The van der Waals surface area contributed by atoms with Gasteiger partial charge in [0.1, 0.15) is 0 Å². The third kappa shape index (κ3) is 5.13. The summed E-state index contributed by atoms with van der Waals surface area (Å²) in [6.45, 7) is 1.17. The fourth-order valence-corrected chi connectivity index (χ4v) is 2.10. The molecule has 0 aromatic heterocycles. The molecule has 1 fully saturated rings. The maximum Gasteiger partial charge on any atom is 0.234 e. The van der Waals surface area contributed by atoms with Crippen molar-refractivity contribution in [2.75, 3.05) is 20.1 Å². The number of benzene rings is 1. The molecule has 4 nitrogen and oxygen atoms in total. The normalized spacial score (nSPS) is 14.3. The zero-order valence-corrected chi connectivity index (χ0v) is 12.0. The van der Waals surface area contributed by atoms with E-state index in [2.05, 4.69) is 5.32 Å². The topological polar surface area (TPSA) is 49.4 Å². The van der Waals surface area contributed by atoms with Gasteiger partial charge < -0.3 is 5.32 Å². The summed E-state index contributed by atoms with van der Waals surface area (Å²) in [6, 6.07) is 9.76. The highest BCUT2D eigenvalue weighted by atomic mass is 16.2. The fourth-order valence-electron chi connectivity index (χ4n) is 2.10. The Labute approximate surface area is 120 Å². The van der Waals surface area contributed by atoms with Crippen LogP contribution in [0.3, 0.4) is 0 Å². The zero-order chi connectivity index (χ0) is 14.4. The summed E-state index contributed by atoms with van der Waals surface area (Å²) in [7, 11) is 1.92. The first-order valence-electron chi connectivity index (χ1n) is 7.21. The van der Waals surface area contributed by atoms with Crippen LogP contribution in [-0.4, -0.2) is 42.8 Å². The maximum atomic E-state index is 11.9. The lowest BCUT2D eigenvalue weighted by Gasteiger charge is -2.15. The van der Waals surface area contributed by atoms with E-state index < -0.39 is 0 Å². The standard InChI is InChI=1S/C16H22N2O2/c1-18(12-16(20)17-14-9-10-14)11-5-8-15(19)13-6-3-2-4-7-13/h2-4,6-7,14H,5,8-12H2,1H3,(H,17,20). The van der Waals surface area contributed by atoms with Crippen molar-refractivity contribution in [2.45, 2.75) is 31.7 Å². The van der Waals surface area contributed by atoms with Gasteiger partial charge in [0.15, 0.2) is 5.78 Å². The molecular formula is C16H22N2O2. The molecule has 108 valence electrons. The van der Waals surface area contributed by atoms with E-state index in [0.29, 0.717) is 19.0 Å². The highest BCUT2D eigenvalue weighted by Crippen LogP contribution is 2.18. The Morgan fingerprint density at radius 2 is 1.95 bits per heavy atom. The minimum atomic E-state index is 0.0874. The molecular weight excluding hydrogens is 252 g/mol. The Bertz CT molecular complexity index is 455. The molecule has 1 aromatic rings. The van der Waals surface area contributed by atoms with Crippen LogP contribution in [0.2, 0.25) is 0 Å². The third-order valence-electron chi connectivity index (χ3n) is 3.40. The van der Waals surface area contributed by atoms with Crippen LogP contribution in [0.25, 0.3) is 0 Å². The van der Waals surface area contributed by atoms with Crippen molar-refractivity contribution in [1.82, 2.24) is 10.2 Å². The van der Waals surface area contributed by atoms with E-state index in [9.17, 15) is 9.59 Å². The predicted octanol–water partition coefficient (Wildman–Crippen LogP) is 1.86. The molecule has 0 unspecified atom stereocenters. The number of rotatable bonds is 8. The second-order valence-electron chi connectivity index (χ2n) is 5.47. The molecule has 1 aliphatic carbocycles. The largest absolute Gasteiger partial charge is 0.352 e. The van der Waals surface area contributed by atoms with Crippen molar-refractivity contribution in [3.63, 3.8) is 0 Å². The summed E-state index contributed by atoms with van der Waals surface area (Å²) in [5.74, 6) is 0.255. The number of hydrogen-bond donors (Lipinski definition) is 1. The van der Waals surface area contributed by atoms with Gasteiger partial charge in [-0.15, -0.1) is 0 Å². The lowest BCUT2D eigenvalue weighted by Crippen LogP contribution is -2.36. The maximum absolute atomic E-state index is 11.9. The summed E-state index contributed by atoms with van der Waals surface area (Å²) < 4.78 is 0. The average Bonchev–Trinajstić information content (AvgIpc) is 3.23. The lowest BCUT2D eigenvalue weighted by molar-refractivity contribution is -0.122. The van der Waals surface area contributed by atoms with E-state index in [1.54, 1.807) is 0 Å². The second-order valence-corrected chi connectivity index (χ2v) is 5.47. The van der Waals surface area contributed by atoms with Gasteiger partial charge in [0.05, 0.1) is 6.54 Å². The Balaban J connectivity index is 1.62. The molecule has 0 saturated heterocycles. The molecule has 1 amide bonds. The summed E-state index contributed by atoms with van der Waals surface area (Å²) in [6.07, 6.45) is 3.53. The molecule has 0 spiro atoms. The molecule has 1 saturated carbocycles. The van der Waals surface area contributed by atoms with Gasteiger partial charge in [-0.25, -0.2) is 0 Å². The van der Waals surface area contributed by atoms with Crippen LogP contribution in [0.15, 0.2) is 30.3 Å². The molecule has 0 radical (unpaired) electrons. The molecule has 1 N–H and O–H groups in total. The van der Waals surface area contributed by atoms with E-state index >= 15 is 0 Å². The summed E-state index contributed by atoms with van der Waals surface area (Å²) in [5.41, 5.74) is 0.765. The third-order valence-corrected chi connectivity index (χ3v) is 3.40. The molecule has 0 heterocycles. The van der Waals surface area contributed by atoms with Crippen molar-refractivity contribution in [2.24, 2.45) is 0 Å². The second kappa shape index (κ2) is 7.20. The van der Waals surface area contributed by atoms with Crippen molar-refractivity contribution in [3.8, 4) is 0 Å². The minimum Gasteiger partial charge on any atom is -0.352 e. The molecule has 1 aromatic carbocycles.